The van der Waals surface area contributed by atoms with Crippen molar-refractivity contribution in [3.63, 3.8) is 0 Å². The Balaban J connectivity index is 1.62. The van der Waals surface area contributed by atoms with Crippen molar-refractivity contribution in [1.29, 1.82) is 0 Å². The molecule has 1 atom stereocenters. The highest BCUT2D eigenvalue weighted by molar-refractivity contribution is 5.99. The third-order valence-electron chi connectivity index (χ3n) is 4.18. The van der Waals surface area contributed by atoms with Crippen molar-refractivity contribution >= 4 is 23.2 Å². The van der Waals surface area contributed by atoms with Crippen LogP contribution in [0.1, 0.15) is 41.7 Å². The van der Waals surface area contributed by atoms with E-state index in [1.54, 1.807) is 24.3 Å². The average molecular weight is 323 g/mol. The molecule has 24 heavy (non-hydrogen) atoms. The van der Waals surface area contributed by atoms with E-state index in [-0.39, 0.29) is 23.8 Å². The number of nitrogens with two attached hydrogens (primary N) is 1. The molecule has 0 saturated heterocycles. The van der Waals surface area contributed by atoms with Gasteiger partial charge in [-0.05, 0) is 49.6 Å². The van der Waals surface area contributed by atoms with Crippen LogP contribution in [0.2, 0.25) is 0 Å². The minimum absolute atomic E-state index is 0.0867. The second kappa shape index (κ2) is 6.74. The molecule has 3 rings (SSSR count). The summed E-state index contributed by atoms with van der Waals surface area (Å²) in [7, 11) is 0. The van der Waals surface area contributed by atoms with Crippen LogP contribution in [-0.4, -0.2) is 11.8 Å². The summed E-state index contributed by atoms with van der Waals surface area (Å²) in [6.07, 6.45) is 1.96. The zero-order valence-corrected chi connectivity index (χ0v) is 13.6. The number of rotatable bonds is 5. The Morgan fingerprint density at radius 1 is 1.08 bits per heavy atom. The second-order valence-electron chi connectivity index (χ2n) is 6.17. The first-order valence-electron chi connectivity index (χ1n) is 8.11. The van der Waals surface area contributed by atoms with E-state index in [0.29, 0.717) is 11.3 Å². The fourth-order valence-corrected chi connectivity index (χ4v) is 2.51. The van der Waals surface area contributed by atoms with Crippen LogP contribution in [0.5, 0.6) is 0 Å². The topological polar surface area (TPSA) is 84.2 Å². The summed E-state index contributed by atoms with van der Waals surface area (Å²) in [5, 5.41) is 5.84. The lowest BCUT2D eigenvalue weighted by Crippen LogP contribution is -2.27. The van der Waals surface area contributed by atoms with E-state index < -0.39 is 0 Å². The highest BCUT2D eigenvalue weighted by Crippen LogP contribution is 2.30. The SMILES string of the molecule is CC(NC(=O)c1ccccc1N)c1ccc(NC(=O)C2CC2)cc1. The molecule has 2 amide bonds. The molecule has 1 aliphatic rings. The van der Waals surface area contributed by atoms with Crippen LogP contribution in [0.3, 0.4) is 0 Å². The number of carbonyl (C=O) groups is 2. The molecule has 0 spiro atoms. The number of anilines is 2. The Hall–Kier alpha value is -2.82. The van der Waals surface area contributed by atoms with E-state index in [4.69, 9.17) is 5.73 Å². The second-order valence-corrected chi connectivity index (χ2v) is 6.17. The fraction of sp³-hybridized carbons (Fsp3) is 0.263. The van der Waals surface area contributed by atoms with Gasteiger partial charge in [0.15, 0.2) is 0 Å². The maximum atomic E-state index is 12.3. The van der Waals surface area contributed by atoms with Crippen molar-refractivity contribution in [1.82, 2.24) is 5.32 Å². The summed E-state index contributed by atoms with van der Waals surface area (Å²) < 4.78 is 0. The van der Waals surface area contributed by atoms with Gasteiger partial charge in [0.25, 0.3) is 5.91 Å². The lowest BCUT2D eigenvalue weighted by Gasteiger charge is -2.16. The summed E-state index contributed by atoms with van der Waals surface area (Å²) in [4.78, 5) is 24.0. The first kappa shape index (κ1) is 16.1. The minimum Gasteiger partial charge on any atom is -0.398 e. The Morgan fingerprint density at radius 2 is 1.75 bits per heavy atom. The van der Waals surface area contributed by atoms with Gasteiger partial charge >= 0.3 is 0 Å². The average Bonchev–Trinajstić information content (AvgIpc) is 3.40. The van der Waals surface area contributed by atoms with Crippen LogP contribution in [-0.2, 0) is 4.79 Å². The van der Waals surface area contributed by atoms with Gasteiger partial charge in [0, 0.05) is 17.3 Å². The Labute approximate surface area is 141 Å². The largest absolute Gasteiger partial charge is 0.398 e. The van der Waals surface area contributed by atoms with E-state index in [9.17, 15) is 9.59 Å². The van der Waals surface area contributed by atoms with Gasteiger partial charge in [0.05, 0.1) is 11.6 Å². The standard InChI is InChI=1S/C19H21N3O2/c1-12(21-19(24)16-4-2-3-5-17(16)20)13-8-10-15(11-9-13)22-18(23)14-6-7-14/h2-5,8-12,14H,6-7,20H2,1H3,(H,21,24)(H,22,23). The predicted molar refractivity (Wildman–Crippen MR) is 94.5 cm³/mol. The van der Waals surface area contributed by atoms with Gasteiger partial charge in [-0.2, -0.15) is 0 Å². The van der Waals surface area contributed by atoms with Gasteiger partial charge in [-0.15, -0.1) is 0 Å². The molecule has 1 fully saturated rings. The first-order chi connectivity index (χ1) is 11.5. The number of carbonyl (C=O) groups excluding carboxylic acids is 2. The summed E-state index contributed by atoms with van der Waals surface area (Å²) in [5.41, 5.74) is 8.50. The highest BCUT2D eigenvalue weighted by Gasteiger charge is 2.29. The fourth-order valence-electron chi connectivity index (χ4n) is 2.51. The zero-order chi connectivity index (χ0) is 17.1. The molecule has 5 nitrogen and oxygen atoms in total. The smallest absolute Gasteiger partial charge is 0.253 e. The number of benzene rings is 2. The van der Waals surface area contributed by atoms with E-state index >= 15 is 0 Å². The van der Waals surface area contributed by atoms with Crippen LogP contribution >= 0.6 is 0 Å². The van der Waals surface area contributed by atoms with Crippen LogP contribution in [0.4, 0.5) is 11.4 Å². The van der Waals surface area contributed by atoms with Gasteiger partial charge in [-0.25, -0.2) is 0 Å². The number of amides is 2. The highest BCUT2D eigenvalue weighted by atomic mass is 16.2. The lowest BCUT2D eigenvalue weighted by molar-refractivity contribution is -0.117. The molecule has 2 aromatic carbocycles. The third-order valence-corrected chi connectivity index (χ3v) is 4.18. The molecule has 0 aliphatic heterocycles. The van der Waals surface area contributed by atoms with Gasteiger partial charge in [0.2, 0.25) is 5.91 Å². The number of nitrogens with one attached hydrogen (secondary N) is 2. The molecule has 0 heterocycles. The van der Waals surface area contributed by atoms with Crippen LogP contribution in [0, 0.1) is 5.92 Å². The quantitative estimate of drug-likeness (QED) is 0.739. The van der Waals surface area contributed by atoms with E-state index in [1.807, 2.05) is 31.2 Å². The summed E-state index contributed by atoms with van der Waals surface area (Å²) in [5.74, 6) is 0.0644. The molecule has 1 saturated carbocycles. The van der Waals surface area contributed by atoms with Crippen molar-refractivity contribution in [2.45, 2.75) is 25.8 Å². The molecule has 124 valence electrons. The molecule has 4 N–H and O–H groups in total. The molecule has 1 unspecified atom stereocenters. The van der Waals surface area contributed by atoms with Crippen LogP contribution in [0.15, 0.2) is 48.5 Å². The molecule has 5 heteroatoms. The third kappa shape index (κ3) is 3.74. The van der Waals surface area contributed by atoms with Crippen molar-refractivity contribution in [2.75, 3.05) is 11.1 Å². The van der Waals surface area contributed by atoms with Gasteiger partial charge in [-0.1, -0.05) is 24.3 Å². The number of para-hydroxylation sites is 1. The van der Waals surface area contributed by atoms with Gasteiger partial charge in [-0.3, -0.25) is 9.59 Å². The first-order valence-corrected chi connectivity index (χ1v) is 8.11. The Kier molecular flexibility index (Phi) is 4.51. The van der Waals surface area contributed by atoms with Crippen molar-refractivity contribution in [3.05, 3.63) is 59.7 Å². The summed E-state index contributed by atoms with van der Waals surface area (Å²) >= 11 is 0. The Bertz CT molecular complexity index is 751. The van der Waals surface area contributed by atoms with Crippen LogP contribution < -0.4 is 16.4 Å². The summed E-state index contributed by atoms with van der Waals surface area (Å²) in [6, 6.07) is 14.3. The van der Waals surface area contributed by atoms with Gasteiger partial charge in [0.1, 0.15) is 0 Å². The molecule has 0 aromatic heterocycles. The van der Waals surface area contributed by atoms with E-state index in [2.05, 4.69) is 10.6 Å². The molecule has 2 aromatic rings. The molecule has 0 bridgehead atoms. The predicted octanol–water partition coefficient (Wildman–Crippen LogP) is 3.11. The molecular formula is C19H21N3O2. The number of nitrogen functional groups attached to an aromatic ring is 1. The van der Waals surface area contributed by atoms with Crippen molar-refractivity contribution in [3.8, 4) is 0 Å². The monoisotopic (exact) mass is 323 g/mol. The normalized spacial score (nSPS) is 14.7. The summed E-state index contributed by atoms with van der Waals surface area (Å²) in [6.45, 7) is 1.91. The van der Waals surface area contributed by atoms with Crippen molar-refractivity contribution in [2.24, 2.45) is 5.92 Å². The Morgan fingerprint density at radius 3 is 2.38 bits per heavy atom. The van der Waals surface area contributed by atoms with Gasteiger partial charge < -0.3 is 16.4 Å². The number of hydrogen-bond acceptors (Lipinski definition) is 3. The van der Waals surface area contributed by atoms with Crippen molar-refractivity contribution < 1.29 is 9.59 Å². The minimum atomic E-state index is -0.202. The van der Waals surface area contributed by atoms with Crippen LogP contribution in [0.25, 0.3) is 0 Å². The lowest BCUT2D eigenvalue weighted by atomic mass is 10.1. The maximum Gasteiger partial charge on any atom is 0.253 e. The zero-order valence-electron chi connectivity index (χ0n) is 13.6. The maximum absolute atomic E-state index is 12.3. The van der Waals surface area contributed by atoms with E-state index in [0.717, 1.165) is 24.1 Å². The molecular weight excluding hydrogens is 302 g/mol. The van der Waals surface area contributed by atoms with E-state index in [1.165, 1.54) is 0 Å². The number of hydrogen-bond donors (Lipinski definition) is 3. The molecule has 1 aliphatic carbocycles. The molecule has 0 radical (unpaired) electrons.